The molecule has 0 spiro atoms. The van der Waals surface area contributed by atoms with Gasteiger partial charge in [0.1, 0.15) is 0 Å². The summed E-state index contributed by atoms with van der Waals surface area (Å²) in [4.78, 5) is 11.0. The fraction of sp³-hybridized carbons (Fsp3) is 0.875. The molecule has 0 unspecified atom stereocenters. The summed E-state index contributed by atoms with van der Waals surface area (Å²) in [7, 11) is 0. The Bertz CT molecular complexity index is 144. The minimum Gasteiger partial charge on any atom is -0.353 e. The summed E-state index contributed by atoms with van der Waals surface area (Å²) in [6, 6.07) is 0.343. The molecule has 1 fully saturated rings. The molecule has 1 aliphatic rings. The zero-order valence-corrected chi connectivity index (χ0v) is 6.81. The van der Waals surface area contributed by atoms with Crippen LogP contribution in [0.15, 0.2) is 0 Å². The lowest BCUT2D eigenvalue weighted by atomic mass is 10.1. The topological polar surface area (TPSA) is 55.1 Å². The fourth-order valence-electron chi connectivity index (χ4n) is 1.47. The number of hydrogen-bond acceptors (Lipinski definition) is 2. The molecule has 1 amide bonds. The van der Waals surface area contributed by atoms with Gasteiger partial charge in [0, 0.05) is 15.3 Å². The second kappa shape index (κ2) is 4.34. The summed E-state index contributed by atoms with van der Waals surface area (Å²) in [5.74, 6) is 0.195. The van der Waals surface area contributed by atoms with E-state index in [0.29, 0.717) is 19.0 Å². The Labute approximate surface area is 70.3 Å². The largest absolute Gasteiger partial charge is 0.353 e. The van der Waals surface area contributed by atoms with Crippen molar-refractivity contribution in [1.29, 1.82) is 0 Å². The normalized spacial score (nSPS) is 25.9. The van der Waals surface area contributed by atoms with Gasteiger partial charge in [-0.2, -0.15) is 0 Å². The van der Waals surface area contributed by atoms with E-state index in [-0.39, 0.29) is 8.76 Å². The van der Waals surface area contributed by atoms with Crippen LogP contribution in [-0.4, -0.2) is 18.5 Å². The zero-order chi connectivity index (χ0) is 8.10. The van der Waals surface area contributed by atoms with E-state index in [2.05, 4.69) is 5.32 Å². The second-order valence-corrected chi connectivity index (χ2v) is 3.09. The lowest BCUT2D eigenvalue weighted by Crippen LogP contribution is -2.34. The third kappa shape index (κ3) is 2.89. The molecule has 3 N–H and O–H groups in total. The van der Waals surface area contributed by atoms with Gasteiger partial charge in [-0.15, -0.1) is 0 Å². The molecule has 68 valence electrons. The molecule has 3 heteroatoms. The monoisotopic (exact) mass is 160 g/mol. The molecule has 1 rings (SSSR count). The van der Waals surface area contributed by atoms with Gasteiger partial charge < -0.3 is 11.1 Å². The molecule has 0 aromatic heterocycles. The number of amides is 1. The molecule has 0 aromatic rings. The summed E-state index contributed by atoms with van der Waals surface area (Å²) in [6.45, 7) is 0.672. The Morgan fingerprint density at radius 1 is 1.64 bits per heavy atom. The van der Waals surface area contributed by atoms with Crippen LogP contribution in [0, 0.1) is 0 Å². The molecular formula is C8H20N2O. The number of nitrogens with two attached hydrogens (primary N) is 1. The highest BCUT2D eigenvalue weighted by atomic mass is 16.1. The van der Waals surface area contributed by atoms with E-state index in [9.17, 15) is 4.79 Å². The summed E-state index contributed by atoms with van der Waals surface area (Å²) >= 11 is 0. The summed E-state index contributed by atoms with van der Waals surface area (Å²) in [6.07, 6.45) is 4.91. The molecule has 0 aliphatic carbocycles. The fourth-order valence-corrected chi connectivity index (χ4v) is 1.47. The average Bonchev–Trinajstić information content (AvgIpc) is 2.15. The van der Waals surface area contributed by atoms with Crippen molar-refractivity contribution < 1.29 is 7.65 Å². The van der Waals surface area contributed by atoms with Crippen molar-refractivity contribution in [3.8, 4) is 0 Å². The van der Waals surface area contributed by atoms with Crippen LogP contribution in [0.2, 0.25) is 0 Å². The lowest BCUT2D eigenvalue weighted by molar-refractivity contribution is -0.121. The Morgan fingerprint density at radius 3 is 3.18 bits per heavy atom. The van der Waals surface area contributed by atoms with Crippen LogP contribution < -0.4 is 11.1 Å². The quantitative estimate of drug-likeness (QED) is 0.630. The number of rotatable bonds is 2. The summed E-state index contributed by atoms with van der Waals surface area (Å²) in [5.41, 5.74) is 5.40. The van der Waals surface area contributed by atoms with Crippen molar-refractivity contribution in [3.63, 3.8) is 0 Å². The average molecular weight is 160 g/mol. The minimum absolute atomic E-state index is 0. The van der Waals surface area contributed by atoms with E-state index >= 15 is 0 Å². The maximum absolute atomic E-state index is 11.0. The molecule has 11 heavy (non-hydrogen) atoms. The van der Waals surface area contributed by atoms with Crippen molar-refractivity contribution in [1.82, 2.24) is 5.32 Å². The van der Waals surface area contributed by atoms with Crippen LogP contribution in [0.1, 0.15) is 35.0 Å². The maximum Gasteiger partial charge on any atom is 0.220 e. The molecule has 1 atom stereocenters. The molecular weight excluding hydrogens is 140 g/mol. The second-order valence-electron chi connectivity index (χ2n) is 3.09. The van der Waals surface area contributed by atoms with Gasteiger partial charge in [-0.1, -0.05) is 6.42 Å². The number of nitrogens with one attached hydrogen (secondary N) is 1. The van der Waals surface area contributed by atoms with Crippen molar-refractivity contribution >= 4 is 5.91 Å². The van der Waals surface area contributed by atoms with Crippen LogP contribution in [-0.2, 0) is 4.79 Å². The SMILES string of the molecule is NCC[C@@H]1CCCCC(=O)N1.[HH].[HH]. The molecule has 1 aliphatic heterocycles. The number of hydrogen-bond donors (Lipinski definition) is 2. The Hall–Kier alpha value is -0.570. The van der Waals surface area contributed by atoms with Crippen LogP contribution in [0.25, 0.3) is 0 Å². The number of carbonyl (C=O) groups excluding carboxylic acids is 1. The van der Waals surface area contributed by atoms with Crippen molar-refractivity contribution in [3.05, 3.63) is 0 Å². The number of carbonyl (C=O) groups is 1. The van der Waals surface area contributed by atoms with Gasteiger partial charge in [0.25, 0.3) is 0 Å². The van der Waals surface area contributed by atoms with Crippen molar-refractivity contribution in [2.45, 2.75) is 38.1 Å². The summed E-state index contributed by atoms with van der Waals surface area (Å²) < 4.78 is 0. The van der Waals surface area contributed by atoms with Crippen LogP contribution in [0.3, 0.4) is 0 Å². The van der Waals surface area contributed by atoms with Gasteiger partial charge in [0.05, 0.1) is 0 Å². The van der Waals surface area contributed by atoms with Gasteiger partial charge in [0.2, 0.25) is 5.91 Å². The van der Waals surface area contributed by atoms with Gasteiger partial charge >= 0.3 is 0 Å². The molecule has 1 heterocycles. The van der Waals surface area contributed by atoms with Crippen LogP contribution in [0.5, 0.6) is 0 Å². The van der Waals surface area contributed by atoms with E-state index in [4.69, 9.17) is 5.73 Å². The highest BCUT2D eigenvalue weighted by molar-refractivity contribution is 5.76. The Morgan fingerprint density at radius 2 is 2.45 bits per heavy atom. The van der Waals surface area contributed by atoms with Gasteiger partial charge in [-0.3, -0.25) is 4.79 Å². The predicted molar refractivity (Wildman–Crippen MR) is 48.3 cm³/mol. The Kier molecular flexibility index (Phi) is 3.36. The van der Waals surface area contributed by atoms with E-state index in [1.54, 1.807) is 0 Å². The first-order chi connectivity index (χ1) is 5.33. The highest BCUT2D eigenvalue weighted by Gasteiger charge is 2.14. The zero-order valence-electron chi connectivity index (χ0n) is 6.81. The summed E-state index contributed by atoms with van der Waals surface area (Å²) in [5, 5.41) is 2.96. The van der Waals surface area contributed by atoms with E-state index in [0.717, 1.165) is 25.7 Å². The molecule has 0 saturated carbocycles. The smallest absolute Gasteiger partial charge is 0.220 e. The van der Waals surface area contributed by atoms with E-state index < -0.39 is 0 Å². The van der Waals surface area contributed by atoms with Gasteiger partial charge in [-0.05, 0) is 25.8 Å². The Balaban J connectivity index is 0. The van der Waals surface area contributed by atoms with Gasteiger partial charge in [-0.25, -0.2) is 0 Å². The first-order valence-electron chi connectivity index (χ1n) is 4.32. The molecule has 1 saturated heterocycles. The van der Waals surface area contributed by atoms with Crippen molar-refractivity contribution in [2.75, 3.05) is 6.54 Å². The molecule has 0 aromatic carbocycles. The first-order valence-corrected chi connectivity index (χ1v) is 4.32. The lowest BCUT2D eigenvalue weighted by Gasteiger charge is -2.13. The highest BCUT2D eigenvalue weighted by Crippen LogP contribution is 2.10. The van der Waals surface area contributed by atoms with E-state index in [1.165, 1.54) is 0 Å². The molecule has 0 radical (unpaired) electrons. The molecule has 0 bridgehead atoms. The third-order valence-corrected chi connectivity index (χ3v) is 2.09. The maximum atomic E-state index is 11.0. The van der Waals surface area contributed by atoms with Gasteiger partial charge in [0.15, 0.2) is 0 Å². The van der Waals surface area contributed by atoms with E-state index in [1.807, 2.05) is 0 Å². The standard InChI is InChI=1S/C8H16N2O.2H2/c9-6-5-7-3-1-2-4-8(11)10-7;;/h7H,1-6,9H2,(H,10,11);2*1H/t7-;;/m0../s1. The third-order valence-electron chi connectivity index (χ3n) is 2.09. The van der Waals surface area contributed by atoms with Crippen LogP contribution >= 0.6 is 0 Å². The predicted octanol–water partition coefficient (Wildman–Crippen LogP) is 0.886. The van der Waals surface area contributed by atoms with Crippen LogP contribution in [0.4, 0.5) is 0 Å². The minimum atomic E-state index is 0. The molecule has 3 nitrogen and oxygen atoms in total. The first kappa shape index (κ1) is 8.53. The van der Waals surface area contributed by atoms with Crippen molar-refractivity contribution in [2.24, 2.45) is 5.73 Å².